The van der Waals surface area contributed by atoms with Crippen LogP contribution in [0.3, 0.4) is 0 Å². The highest BCUT2D eigenvalue weighted by Crippen LogP contribution is 2.52. The second kappa shape index (κ2) is 3.65. The van der Waals surface area contributed by atoms with Crippen LogP contribution in [0, 0.1) is 0 Å². The number of benzene rings is 1. The Hall–Kier alpha value is -0.710. The molecule has 0 bridgehead atoms. The Morgan fingerprint density at radius 2 is 1.94 bits per heavy atom. The molecule has 0 radical (unpaired) electrons. The third-order valence-corrected chi connectivity index (χ3v) is 3.49. The van der Waals surface area contributed by atoms with Gasteiger partial charge in [0.15, 0.2) is 0 Å². The molecule has 1 atom stereocenters. The standard InChI is InChI=1S/C11H12ClF2NO/c12-8-4-2-1-3-7(8)11(15,9(13)14)10(16)5-6-10/h1-4,9,16H,5-6,15H2/t11-/m1/s1. The predicted molar refractivity (Wildman–Crippen MR) is 57.5 cm³/mol. The van der Waals surface area contributed by atoms with Gasteiger partial charge in [0, 0.05) is 5.02 Å². The molecule has 0 aromatic heterocycles. The zero-order valence-electron chi connectivity index (χ0n) is 8.46. The molecule has 1 fully saturated rings. The average molecular weight is 248 g/mol. The van der Waals surface area contributed by atoms with Gasteiger partial charge in [-0.1, -0.05) is 29.8 Å². The summed E-state index contributed by atoms with van der Waals surface area (Å²) < 4.78 is 26.3. The van der Waals surface area contributed by atoms with Gasteiger partial charge in [-0.2, -0.15) is 0 Å². The largest absolute Gasteiger partial charge is 0.387 e. The van der Waals surface area contributed by atoms with Crippen LogP contribution in [-0.4, -0.2) is 17.1 Å². The van der Waals surface area contributed by atoms with Gasteiger partial charge in [-0.25, -0.2) is 8.78 Å². The van der Waals surface area contributed by atoms with Crippen LogP contribution in [0.1, 0.15) is 18.4 Å². The van der Waals surface area contributed by atoms with Gasteiger partial charge in [0.25, 0.3) is 6.43 Å². The van der Waals surface area contributed by atoms with Gasteiger partial charge in [-0.05, 0) is 24.5 Å². The molecule has 16 heavy (non-hydrogen) atoms. The molecule has 88 valence electrons. The van der Waals surface area contributed by atoms with Gasteiger partial charge in [0.2, 0.25) is 0 Å². The first kappa shape index (κ1) is 11.8. The highest BCUT2D eigenvalue weighted by atomic mass is 35.5. The number of rotatable bonds is 3. The fourth-order valence-corrected chi connectivity index (χ4v) is 2.19. The summed E-state index contributed by atoms with van der Waals surface area (Å²) in [6.07, 6.45) is -2.31. The third kappa shape index (κ3) is 1.52. The van der Waals surface area contributed by atoms with E-state index in [9.17, 15) is 13.9 Å². The van der Waals surface area contributed by atoms with Crippen LogP contribution in [0.15, 0.2) is 24.3 Å². The Kier molecular flexibility index (Phi) is 2.69. The van der Waals surface area contributed by atoms with Crippen molar-refractivity contribution in [3.05, 3.63) is 34.9 Å². The molecule has 0 aliphatic heterocycles. The smallest absolute Gasteiger partial charge is 0.263 e. The Morgan fingerprint density at radius 3 is 2.38 bits per heavy atom. The fourth-order valence-electron chi connectivity index (χ4n) is 1.90. The Labute approximate surface area is 97.0 Å². The first-order chi connectivity index (χ1) is 7.42. The van der Waals surface area contributed by atoms with E-state index in [0.29, 0.717) is 0 Å². The molecule has 1 aliphatic carbocycles. The van der Waals surface area contributed by atoms with Crippen molar-refractivity contribution in [2.24, 2.45) is 5.73 Å². The maximum absolute atomic E-state index is 13.1. The van der Waals surface area contributed by atoms with Crippen LogP contribution in [0.4, 0.5) is 8.78 Å². The molecule has 0 amide bonds. The molecular formula is C11H12ClF2NO. The van der Waals surface area contributed by atoms with Crippen molar-refractivity contribution in [2.75, 3.05) is 0 Å². The lowest BCUT2D eigenvalue weighted by molar-refractivity contribution is -0.0494. The third-order valence-electron chi connectivity index (χ3n) is 3.16. The second-order valence-electron chi connectivity index (χ2n) is 4.18. The number of alkyl halides is 2. The van der Waals surface area contributed by atoms with E-state index in [-0.39, 0.29) is 23.4 Å². The summed E-state index contributed by atoms with van der Waals surface area (Å²) in [5.74, 6) is 0. The van der Waals surface area contributed by atoms with E-state index >= 15 is 0 Å². The second-order valence-corrected chi connectivity index (χ2v) is 4.59. The van der Waals surface area contributed by atoms with Crippen molar-refractivity contribution in [1.29, 1.82) is 0 Å². The normalized spacial score (nSPS) is 21.9. The molecule has 0 spiro atoms. The monoisotopic (exact) mass is 247 g/mol. The average Bonchev–Trinajstić information content (AvgIpc) is 2.97. The lowest BCUT2D eigenvalue weighted by atomic mass is 9.83. The first-order valence-corrected chi connectivity index (χ1v) is 5.34. The summed E-state index contributed by atoms with van der Waals surface area (Å²) in [7, 11) is 0. The van der Waals surface area contributed by atoms with Crippen molar-refractivity contribution in [2.45, 2.75) is 30.4 Å². The quantitative estimate of drug-likeness (QED) is 0.861. The minimum absolute atomic E-state index is 0.103. The molecule has 5 heteroatoms. The van der Waals surface area contributed by atoms with Gasteiger partial charge in [0.1, 0.15) is 5.54 Å². The number of aliphatic hydroxyl groups is 1. The Morgan fingerprint density at radius 1 is 1.38 bits per heavy atom. The van der Waals surface area contributed by atoms with E-state index in [1.807, 2.05) is 0 Å². The van der Waals surface area contributed by atoms with Gasteiger partial charge in [-0.15, -0.1) is 0 Å². The summed E-state index contributed by atoms with van der Waals surface area (Å²) >= 11 is 5.86. The zero-order chi connectivity index (χ0) is 12.0. The SMILES string of the molecule is N[C@](c1ccccc1Cl)(C(F)F)C1(O)CC1. The molecule has 0 heterocycles. The van der Waals surface area contributed by atoms with Crippen molar-refractivity contribution in [3.63, 3.8) is 0 Å². The van der Waals surface area contributed by atoms with Crippen LogP contribution in [0.25, 0.3) is 0 Å². The minimum atomic E-state index is -2.86. The highest BCUT2D eigenvalue weighted by Gasteiger charge is 2.62. The first-order valence-electron chi connectivity index (χ1n) is 4.96. The van der Waals surface area contributed by atoms with Crippen molar-refractivity contribution >= 4 is 11.6 Å². The summed E-state index contributed by atoms with van der Waals surface area (Å²) in [6, 6.07) is 6.14. The van der Waals surface area contributed by atoms with Gasteiger partial charge < -0.3 is 10.8 Å². The number of nitrogens with two attached hydrogens (primary N) is 1. The highest BCUT2D eigenvalue weighted by molar-refractivity contribution is 6.31. The van der Waals surface area contributed by atoms with Gasteiger partial charge >= 0.3 is 0 Å². The van der Waals surface area contributed by atoms with Crippen molar-refractivity contribution in [1.82, 2.24) is 0 Å². The van der Waals surface area contributed by atoms with E-state index < -0.39 is 17.6 Å². The summed E-state index contributed by atoms with van der Waals surface area (Å²) in [6.45, 7) is 0. The summed E-state index contributed by atoms with van der Waals surface area (Å²) in [4.78, 5) is 0. The molecule has 0 unspecified atom stereocenters. The molecule has 1 saturated carbocycles. The Bertz CT molecular complexity index is 409. The maximum atomic E-state index is 13.1. The minimum Gasteiger partial charge on any atom is -0.387 e. The van der Waals surface area contributed by atoms with Crippen LogP contribution >= 0.6 is 11.6 Å². The molecule has 1 aliphatic rings. The fraction of sp³-hybridized carbons (Fsp3) is 0.455. The van der Waals surface area contributed by atoms with Crippen LogP contribution in [-0.2, 0) is 5.54 Å². The van der Waals surface area contributed by atoms with Gasteiger partial charge in [0.05, 0.1) is 5.60 Å². The Balaban J connectivity index is 2.53. The molecule has 3 N–H and O–H groups in total. The molecule has 0 saturated heterocycles. The number of halogens is 3. The summed E-state index contributed by atoms with van der Waals surface area (Å²) in [5.41, 5.74) is 2.21. The van der Waals surface area contributed by atoms with Crippen LogP contribution in [0.2, 0.25) is 5.02 Å². The summed E-state index contributed by atoms with van der Waals surface area (Å²) in [5, 5.41) is 10.1. The number of hydrogen-bond donors (Lipinski definition) is 2. The lowest BCUT2D eigenvalue weighted by Crippen LogP contribution is -2.55. The van der Waals surface area contributed by atoms with Gasteiger partial charge in [-0.3, -0.25) is 0 Å². The van der Waals surface area contributed by atoms with E-state index in [1.165, 1.54) is 12.1 Å². The van der Waals surface area contributed by atoms with Crippen molar-refractivity contribution < 1.29 is 13.9 Å². The topological polar surface area (TPSA) is 46.2 Å². The van der Waals surface area contributed by atoms with Crippen LogP contribution < -0.4 is 5.73 Å². The van der Waals surface area contributed by atoms with Crippen molar-refractivity contribution in [3.8, 4) is 0 Å². The molecular weight excluding hydrogens is 236 g/mol. The van der Waals surface area contributed by atoms with Crippen LogP contribution in [0.5, 0.6) is 0 Å². The van der Waals surface area contributed by atoms with E-state index in [2.05, 4.69) is 0 Å². The lowest BCUT2D eigenvalue weighted by Gasteiger charge is -2.35. The maximum Gasteiger partial charge on any atom is 0.263 e. The molecule has 2 nitrogen and oxygen atoms in total. The zero-order valence-corrected chi connectivity index (χ0v) is 9.22. The molecule has 1 aromatic rings. The predicted octanol–water partition coefficient (Wildman–Crippen LogP) is 2.28. The molecule has 2 rings (SSSR count). The van der Waals surface area contributed by atoms with E-state index in [1.54, 1.807) is 12.1 Å². The molecule has 1 aromatic carbocycles. The van der Waals surface area contributed by atoms with E-state index in [0.717, 1.165) is 0 Å². The number of hydrogen-bond acceptors (Lipinski definition) is 2. The van der Waals surface area contributed by atoms with E-state index in [4.69, 9.17) is 17.3 Å².